The van der Waals surface area contributed by atoms with Crippen molar-refractivity contribution in [1.29, 1.82) is 0 Å². The van der Waals surface area contributed by atoms with Gasteiger partial charge in [0, 0.05) is 37.6 Å². The van der Waals surface area contributed by atoms with E-state index >= 15 is 0 Å². The van der Waals surface area contributed by atoms with Crippen LogP contribution >= 0.6 is 15.9 Å². The number of amides is 1. The first-order valence-corrected chi connectivity index (χ1v) is 14.3. The van der Waals surface area contributed by atoms with Crippen molar-refractivity contribution in [2.24, 2.45) is 0 Å². The van der Waals surface area contributed by atoms with Gasteiger partial charge in [-0.05, 0) is 113 Å². The van der Waals surface area contributed by atoms with Crippen molar-refractivity contribution in [2.45, 2.75) is 84.8 Å². The van der Waals surface area contributed by atoms with Gasteiger partial charge in [0.05, 0.1) is 7.11 Å². The molecule has 212 valence electrons. The van der Waals surface area contributed by atoms with Crippen molar-refractivity contribution in [3.63, 3.8) is 0 Å². The standard InChI is InChI=1S/C20H36N2O.C6H4BrNO.C4H7NO/c1-8-9-20(23-7)18(5)15(2)12-13-22-17(4)10-11-19(22)14-16(3)21-6;7-6-3-1-2-5(4-9)8-6;6-4-2-1-3-5-4/h8-9,12,16-17,19,21H,10-11,13-14H2,1-7H3;1-4H;1-3H2,(H,5,6)/b9-8-,15-12+,20-18+;;. The van der Waals surface area contributed by atoms with Crippen molar-refractivity contribution in [2.75, 3.05) is 27.2 Å². The summed E-state index contributed by atoms with van der Waals surface area (Å²) in [6.07, 6.45) is 12.7. The Hall–Kier alpha value is -2.29. The molecule has 2 aliphatic rings. The molecule has 1 amide bonds. The van der Waals surface area contributed by atoms with Crippen LogP contribution in [-0.4, -0.2) is 67.4 Å². The van der Waals surface area contributed by atoms with Gasteiger partial charge in [0.25, 0.3) is 0 Å². The highest BCUT2D eigenvalue weighted by Gasteiger charge is 2.30. The van der Waals surface area contributed by atoms with E-state index in [2.05, 4.69) is 77.3 Å². The number of halogens is 1. The monoisotopic (exact) mass is 590 g/mol. The van der Waals surface area contributed by atoms with Crippen LogP contribution in [0.1, 0.15) is 77.2 Å². The first kappa shape index (κ1) is 33.7. The number of aromatic nitrogens is 1. The average Bonchev–Trinajstić information content (AvgIpc) is 3.54. The molecule has 0 radical (unpaired) electrons. The molecular formula is C30H47BrN4O3. The Balaban J connectivity index is 0.000000386. The number of ether oxygens (including phenoxy) is 1. The van der Waals surface area contributed by atoms with Crippen LogP contribution in [0, 0.1) is 0 Å². The van der Waals surface area contributed by atoms with E-state index in [0.717, 1.165) is 31.7 Å². The summed E-state index contributed by atoms with van der Waals surface area (Å²) in [5.41, 5.74) is 2.97. The summed E-state index contributed by atoms with van der Waals surface area (Å²) in [6, 6.07) is 7.13. The first-order chi connectivity index (χ1) is 18.2. The van der Waals surface area contributed by atoms with Crippen LogP contribution in [0.2, 0.25) is 0 Å². The maximum Gasteiger partial charge on any atom is 0.220 e. The van der Waals surface area contributed by atoms with Gasteiger partial charge < -0.3 is 15.4 Å². The minimum Gasteiger partial charge on any atom is -0.496 e. The van der Waals surface area contributed by atoms with Crippen molar-refractivity contribution in [1.82, 2.24) is 20.5 Å². The number of carbonyl (C=O) groups is 2. The highest BCUT2D eigenvalue weighted by molar-refractivity contribution is 9.10. The van der Waals surface area contributed by atoms with Crippen molar-refractivity contribution in [3.8, 4) is 0 Å². The second-order valence-corrected chi connectivity index (χ2v) is 10.6. The normalized spacial score (nSPS) is 21.1. The highest BCUT2D eigenvalue weighted by Crippen LogP contribution is 2.27. The molecule has 1 aromatic rings. The maximum absolute atomic E-state index is 10.1. The van der Waals surface area contributed by atoms with E-state index < -0.39 is 0 Å². The molecule has 3 unspecified atom stereocenters. The zero-order chi connectivity index (χ0) is 28.5. The van der Waals surface area contributed by atoms with E-state index in [9.17, 15) is 9.59 Å². The number of hydrogen-bond donors (Lipinski definition) is 2. The van der Waals surface area contributed by atoms with Gasteiger partial charge in [0.1, 0.15) is 16.1 Å². The molecule has 0 aliphatic carbocycles. The lowest BCUT2D eigenvalue weighted by molar-refractivity contribution is -0.119. The molecule has 2 aliphatic heterocycles. The SMILES string of the molecule is C\C=C/C(OC)=C(C)\C(C)=C\CN1C(C)CCC1CC(C)NC.O=C1CCCN1.O=Cc1cccc(Br)n1. The molecule has 3 atom stereocenters. The van der Waals surface area contributed by atoms with E-state index in [1.54, 1.807) is 25.3 Å². The summed E-state index contributed by atoms with van der Waals surface area (Å²) < 4.78 is 6.17. The maximum atomic E-state index is 10.1. The highest BCUT2D eigenvalue weighted by atomic mass is 79.9. The number of hydrogen-bond acceptors (Lipinski definition) is 6. The zero-order valence-electron chi connectivity index (χ0n) is 24.2. The van der Waals surface area contributed by atoms with Crippen molar-refractivity contribution < 1.29 is 14.3 Å². The van der Waals surface area contributed by atoms with E-state index in [1.807, 2.05) is 19.1 Å². The Labute approximate surface area is 238 Å². The number of likely N-dealkylation sites (tertiary alicyclic amines) is 1. The molecule has 2 N–H and O–H groups in total. The van der Waals surface area contributed by atoms with Gasteiger partial charge in [-0.25, -0.2) is 4.98 Å². The molecule has 0 bridgehead atoms. The Morgan fingerprint density at radius 2 is 2.08 bits per heavy atom. The topological polar surface area (TPSA) is 83.6 Å². The fourth-order valence-electron chi connectivity index (χ4n) is 4.38. The van der Waals surface area contributed by atoms with Gasteiger partial charge in [0.2, 0.25) is 5.91 Å². The van der Waals surface area contributed by atoms with Crippen LogP contribution in [0.4, 0.5) is 0 Å². The van der Waals surface area contributed by atoms with Crippen LogP contribution < -0.4 is 10.6 Å². The molecule has 0 spiro atoms. The predicted molar refractivity (Wildman–Crippen MR) is 160 cm³/mol. The molecule has 38 heavy (non-hydrogen) atoms. The molecule has 2 saturated heterocycles. The third-order valence-corrected chi connectivity index (χ3v) is 7.38. The van der Waals surface area contributed by atoms with Gasteiger partial charge in [-0.15, -0.1) is 0 Å². The average molecular weight is 592 g/mol. The fraction of sp³-hybridized carbons (Fsp3) is 0.567. The van der Waals surface area contributed by atoms with Crippen molar-refractivity contribution >= 4 is 28.1 Å². The van der Waals surface area contributed by atoms with E-state index in [1.165, 1.54) is 30.4 Å². The van der Waals surface area contributed by atoms with Crippen LogP contribution in [-0.2, 0) is 9.53 Å². The molecule has 3 rings (SSSR count). The Morgan fingerprint density at radius 1 is 1.34 bits per heavy atom. The van der Waals surface area contributed by atoms with Crippen LogP contribution in [0.5, 0.6) is 0 Å². The number of nitrogens with zero attached hydrogens (tertiary/aromatic N) is 2. The molecule has 0 saturated carbocycles. The minimum absolute atomic E-state index is 0.204. The molecule has 1 aromatic heterocycles. The number of carbonyl (C=O) groups excluding carboxylic acids is 2. The third kappa shape index (κ3) is 12.5. The smallest absolute Gasteiger partial charge is 0.220 e. The molecule has 7 nitrogen and oxygen atoms in total. The molecule has 0 aromatic carbocycles. The zero-order valence-corrected chi connectivity index (χ0v) is 25.8. The van der Waals surface area contributed by atoms with Gasteiger partial charge >= 0.3 is 0 Å². The number of pyridine rings is 1. The number of allylic oxidation sites excluding steroid dienone is 4. The molecule has 3 heterocycles. The minimum atomic E-state index is 0.204. The quantitative estimate of drug-likeness (QED) is 0.163. The Bertz CT molecular complexity index is 953. The summed E-state index contributed by atoms with van der Waals surface area (Å²) in [6.45, 7) is 12.9. The Kier molecular flexibility index (Phi) is 16.8. The number of methoxy groups -OCH3 is 1. The summed E-state index contributed by atoms with van der Waals surface area (Å²) >= 11 is 3.13. The lowest BCUT2D eigenvalue weighted by Gasteiger charge is -2.29. The van der Waals surface area contributed by atoms with Crippen molar-refractivity contribution in [3.05, 3.63) is 63.6 Å². The first-order valence-electron chi connectivity index (χ1n) is 13.5. The lowest BCUT2D eigenvalue weighted by atomic mass is 10.1. The fourth-order valence-corrected chi connectivity index (χ4v) is 4.73. The number of aldehydes is 1. The number of nitrogens with one attached hydrogen (secondary N) is 2. The summed E-state index contributed by atoms with van der Waals surface area (Å²) in [5.74, 6) is 1.16. The molecule has 8 heteroatoms. The van der Waals surface area contributed by atoms with Gasteiger partial charge in [-0.2, -0.15) is 0 Å². The van der Waals surface area contributed by atoms with E-state index in [0.29, 0.717) is 34.7 Å². The number of rotatable bonds is 9. The third-order valence-electron chi connectivity index (χ3n) is 6.94. The van der Waals surface area contributed by atoms with E-state index in [-0.39, 0.29) is 5.91 Å². The summed E-state index contributed by atoms with van der Waals surface area (Å²) in [7, 11) is 3.79. The van der Waals surface area contributed by atoms with Gasteiger partial charge in [0.15, 0.2) is 6.29 Å². The second kappa shape index (κ2) is 18.9. The largest absolute Gasteiger partial charge is 0.496 e. The predicted octanol–water partition coefficient (Wildman–Crippen LogP) is 5.83. The van der Waals surface area contributed by atoms with Crippen LogP contribution in [0.3, 0.4) is 0 Å². The van der Waals surface area contributed by atoms with E-state index in [4.69, 9.17) is 4.74 Å². The van der Waals surface area contributed by atoms with Crippen LogP contribution in [0.15, 0.2) is 57.9 Å². The summed E-state index contributed by atoms with van der Waals surface area (Å²) in [4.78, 5) is 26.7. The Morgan fingerprint density at radius 3 is 2.55 bits per heavy atom. The lowest BCUT2D eigenvalue weighted by Crippen LogP contribution is -2.38. The molecular weight excluding hydrogens is 544 g/mol. The molecule has 2 fully saturated rings. The second-order valence-electron chi connectivity index (χ2n) is 9.74. The summed E-state index contributed by atoms with van der Waals surface area (Å²) in [5, 5.41) is 6.05. The van der Waals surface area contributed by atoms with Crippen LogP contribution in [0.25, 0.3) is 0 Å². The van der Waals surface area contributed by atoms with Gasteiger partial charge in [-0.1, -0.05) is 18.2 Å². The van der Waals surface area contributed by atoms with Gasteiger partial charge in [-0.3, -0.25) is 14.5 Å².